The number of methoxy groups -OCH3 is 2. The zero-order valence-corrected chi connectivity index (χ0v) is 27.3. The molecule has 0 saturated carbocycles. The largest absolute Gasteiger partial charge is 0.496 e. The zero-order chi connectivity index (χ0) is 28.9. The Kier molecular flexibility index (Phi) is 8.55. The van der Waals surface area contributed by atoms with Crippen molar-refractivity contribution >= 4 is 13.2 Å². The van der Waals surface area contributed by atoms with Crippen LogP contribution in [0.5, 0.6) is 11.5 Å². The van der Waals surface area contributed by atoms with Gasteiger partial charge in [-0.1, -0.05) is 89.3 Å². The van der Waals surface area contributed by atoms with Crippen LogP contribution in [0.4, 0.5) is 0 Å². The van der Waals surface area contributed by atoms with E-state index in [-0.39, 0.29) is 10.3 Å². The van der Waals surface area contributed by atoms with E-state index in [4.69, 9.17) is 18.9 Å². The third kappa shape index (κ3) is 5.51. The monoisotopic (exact) mass is 554 g/mol. The Hall–Kier alpha value is -1.61. The van der Waals surface area contributed by atoms with Crippen molar-refractivity contribution in [1.82, 2.24) is 0 Å². The molecule has 2 heterocycles. The molecular weight excluding hydrogens is 503 g/mol. The summed E-state index contributed by atoms with van der Waals surface area (Å²) in [4.78, 5) is 0. The molecule has 4 nitrogen and oxygen atoms in total. The van der Waals surface area contributed by atoms with E-state index in [0.29, 0.717) is 31.0 Å². The molecule has 2 aliphatic rings. The molecule has 0 radical (unpaired) electrons. The lowest BCUT2D eigenvalue weighted by molar-refractivity contribution is -0.178. The molecule has 2 aromatic carbocycles. The third-order valence-corrected chi connectivity index (χ3v) is 12.2. The molecule has 1 spiro atoms. The lowest BCUT2D eigenvalue weighted by Crippen LogP contribution is -2.52. The fourth-order valence-corrected chi connectivity index (χ4v) is 11.7. The second-order valence-electron chi connectivity index (χ2n) is 13.7. The minimum atomic E-state index is -0.737. The average Bonchev–Trinajstić information content (AvgIpc) is 3.27. The van der Waals surface area contributed by atoms with Crippen LogP contribution < -0.4 is 14.8 Å². The van der Waals surface area contributed by atoms with Gasteiger partial charge in [0.15, 0.2) is 5.79 Å². The van der Waals surface area contributed by atoms with Gasteiger partial charge in [-0.15, -0.1) is 0 Å². The summed E-state index contributed by atoms with van der Waals surface area (Å²) in [5.74, 6) is 2.58. The van der Waals surface area contributed by atoms with Crippen LogP contribution in [-0.4, -0.2) is 43.5 Å². The second-order valence-corrected chi connectivity index (χ2v) is 17.2. The van der Waals surface area contributed by atoms with Crippen LogP contribution in [0.2, 0.25) is 0 Å². The SMILES string of the molecule is COc1ccc(OC)c(P2C(C)(C)CC3(CC2(C)C)OCCO3)c1-c1c(C(C)C)cc(C(C)C)cc1C(C)C. The second kappa shape index (κ2) is 11.0. The molecule has 0 amide bonds. The first-order valence-corrected chi connectivity index (χ1v) is 16.0. The van der Waals surface area contributed by atoms with Gasteiger partial charge < -0.3 is 18.9 Å². The van der Waals surface area contributed by atoms with Crippen molar-refractivity contribution in [2.45, 2.75) is 116 Å². The number of hydrogen-bond acceptors (Lipinski definition) is 4. The maximum Gasteiger partial charge on any atom is 0.170 e. The highest BCUT2D eigenvalue weighted by molar-refractivity contribution is 7.69. The van der Waals surface area contributed by atoms with Gasteiger partial charge in [-0.25, -0.2) is 0 Å². The van der Waals surface area contributed by atoms with E-state index < -0.39 is 13.7 Å². The smallest absolute Gasteiger partial charge is 0.170 e. The summed E-state index contributed by atoms with van der Waals surface area (Å²) in [6, 6.07) is 9.11. The Balaban J connectivity index is 2.11. The van der Waals surface area contributed by atoms with Gasteiger partial charge in [0.1, 0.15) is 11.5 Å². The van der Waals surface area contributed by atoms with Crippen LogP contribution in [0.1, 0.15) is 117 Å². The van der Waals surface area contributed by atoms with Crippen molar-refractivity contribution in [3.05, 3.63) is 41.0 Å². The topological polar surface area (TPSA) is 36.9 Å². The van der Waals surface area contributed by atoms with E-state index >= 15 is 0 Å². The molecule has 2 saturated heterocycles. The predicted octanol–water partition coefficient (Wildman–Crippen LogP) is 8.94. The lowest BCUT2D eigenvalue weighted by Gasteiger charge is -2.56. The molecule has 216 valence electrons. The Morgan fingerprint density at radius 2 is 1.15 bits per heavy atom. The average molecular weight is 555 g/mol. The van der Waals surface area contributed by atoms with E-state index in [0.717, 1.165) is 24.3 Å². The molecule has 0 bridgehead atoms. The third-order valence-electron chi connectivity index (χ3n) is 8.58. The first-order chi connectivity index (χ1) is 18.2. The fourth-order valence-electron chi connectivity index (χ4n) is 7.26. The minimum Gasteiger partial charge on any atom is -0.496 e. The Morgan fingerprint density at radius 3 is 1.56 bits per heavy atom. The Morgan fingerprint density at radius 1 is 0.692 bits per heavy atom. The molecule has 2 aromatic rings. The van der Waals surface area contributed by atoms with Gasteiger partial charge in [0.2, 0.25) is 0 Å². The molecule has 2 aliphatic heterocycles. The first kappa shape index (κ1) is 30.4. The number of ether oxygens (including phenoxy) is 4. The molecular formula is C34H51O4P. The molecule has 0 N–H and O–H groups in total. The maximum absolute atomic E-state index is 6.32. The molecule has 0 aliphatic carbocycles. The number of benzene rings is 2. The van der Waals surface area contributed by atoms with Crippen molar-refractivity contribution in [3.63, 3.8) is 0 Å². The summed E-state index contributed by atoms with van der Waals surface area (Å²) in [6.07, 6.45) is 1.74. The Labute approximate surface area is 238 Å². The summed E-state index contributed by atoms with van der Waals surface area (Å²) in [5.41, 5.74) is 6.73. The van der Waals surface area contributed by atoms with Gasteiger partial charge in [-0.2, -0.15) is 0 Å². The lowest BCUT2D eigenvalue weighted by atomic mass is 9.81. The summed E-state index contributed by atoms with van der Waals surface area (Å²) in [5, 5.41) is 1.21. The van der Waals surface area contributed by atoms with Crippen molar-refractivity contribution in [2.24, 2.45) is 0 Å². The van der Waals surface area contributed by atoms with E-state index in [2.05, 4.69) is 93.5 Å². The number of rotatable bonds is 7. The van der Waals surface area contributed by atoms with Gasteiger partial charge in [0.05, 0.1) is 27.4 Å². The highest BCUT2D eigenvalue weighted by Crippen LogP contribution is 2.70. The van der Waals surface area contributed by atoms with E-state index in [1.807, 2.05) is 7.11 Å². The highest BCUT2D eigenvalue weighted by atomic mass is 31.1. The van der Waals surface area contributed by atoms with Crippen LogP contribution in [-0.2, 0) is 9.47 Å². The minimum absolute atomic E-state index is 0.0519. The van der Waals surface area contributed by atoms with Crippen molar-refractivity contribution < 1.29 is 18.9 Å². The van der Waals surface area contributed by atoms with E-state index in [1.165, 1.54) is 33.1 Å². The van der Waals surface area contributed by atoms with Crippen molar-refractivity contribution in [3.8, 4) is 22.6 Å². The van der Waals surface area contributed by atoms with Gasteiger partial charge in [-0.3, -0.25) is 0 Å². The highest BCUT2D eigenvalue weighted by Gasteiger charge is 2.58. The van der Waals surface area contributed by atoms with E-state index in [1.54, 1.807) is 7.11 Å². The van der Waals surface area contributed by atoms with Crippen LogP contribution in [0.15, 0.2) is 24.3 Å². The molecule has 5 heteroatoms. The van der Waals surface area contributed by atoms with Crippen LogP contribution in [0.25, 0.3) is 11.1 Å². The van der Waals surface area contributed by atoms with Crippen LogP contribution in [0, 0.1) is 0 Å². The van der Waals surface area contributed by atoms with Crippen molar-refractivity contribution in [2.75, 3.05) is 27.4 Å². The van der Waals surface area contributed by atoms with Crippen LogP contribution >= 0.6 is 7.92 Å². The first-order valence-electron chi connectivity index (χ1n) is 14.7. The molecule has 0 atom stereocenters. The number of hydrogen-bond donors (Lipinski definition) is 0. The summed E-state index contributed by atoms with van der Waals surface area (Å²) in [7, 11) is 2.88. The molecule has 39 heavy (non-hydrogen) atoms. The standard InChI is InChI=1S/C34H51O4P/c1-21(2)24-17-25(22(3)4)29(26(18-24)23(5)6)30-27(35-11)13-14-28(36-12)31(30)39-32(7,8)19-34(20-33(39,9)10)37-15-16-38-34/h13-14,17-18,21-23H,15-16,19-20H2,1-12H3. The fraction of sp³-hybridized carbons (Fsp3) is 0.647. The normalized spacial score (nSPS) is 20.4. The summed E-state index contributed by atoms with van der Waals surface area (Å²) < 4.78 is 25.1. The zero-order valence-electron chi connectivity index (χ0n) is 26.5. The predicted molar refractivity (Wildman–Crippen MR) is 166 cm³/mol. The molecule has 2 fully saturated rings. The summed E-state index contributed by atoms with van der Waals surface area (Å²) in [6.45, 7) is 24.8. The molecule has 4 rings (SSSR count). The van der Waals surface area contributed by atoms with Crippen LogP contribution in [0.3, 0.4) is 0 Å². The van der Waals surface area contributed by atoms with Gasteiger partial charge >= 0.3 is 0 Å². The maximum atomic E-state index is 6.32. The molecule has 0 unspecified atom stereocenters. The van der Waals surface area contributed by atoms with Gasteiger partial charge in [-0.05, 0) is 62.5 Å². The van der Waals surface area contributed by atoms with Gasteiger partial charge in [0.25, 0.3) is 0 Å². The Bertz CT molecular complexity index is 1140. The van der Waals surface area contributed by atoms with Crippen molar-refractivity contribution in [1.29, 1.82) is 0 Å². The van der Waals surface area contributed by atoms with E-state index in [9.17, 15) is 0 Å². The summed E-state index contributed by atoms with van der Waals surface area (Å²) >= 11 is 0. The molecule has 0 aromatic heterocycles. The quantitative estimate of drug-likeness (QED) is 0.320. The van der Waals surface area contributed by atoms with Gasteiger partial charge in [0, 0.05) is 23.7 Å².